The molecule has 7 N–H and O–H groups in total. The Balaban J connectivity index is 2.82. The summed E-state index contributed by atoms with van der Waals surface area (Å²) in [4.78, 5) is 2.88. The number of aromatic amines is 1. The van der Waals surface area contributed by atoms with Gasteiger partial charge in [-0.3, -0.25) is 0 Å². The van der Waals surface area contributed by atoms with Crippen LogP contribution in [0.4, 0.5) is 0 Å². The molecule has 0 aliphatic heterocycles. The molecule has 0 bridgehead atoms. The van der Waals surface area contributed by atoms with E-state index in [-0.39, 0.29) is 38.7 Å². The zero-order valence-corrected chi connectivity index (χ0v) is 12.5. The van der Waals surface area contributed by atoms with Crippen molar-refractivity contribution in [1.82, 2.24) is 4.98 Å². The van der Waals surface area contributed by atoms with Crippen LogP contribution >= 0.6 is 0 Å². The Hall–Kier alpha value is -2.21. The van der Waals surface area contributed by atoms with Gasteiger partial charge in [-0.2, -0.15) is 5.26 Å². The first-order valence-corrected chi connectivity index (χ1v) is 7.08. The summed E-state index contributed by atoms with van der Waals surface area (Å²) in [6.07, 6.45) is 0. The van der Waals surface area contributed by atoms with E-state index in [0.29, 0.717) is 39.1 Å². The molecule has 1 aromatic heterocycles. The highest BCUT2D eigenvalue weighted by Crippen LogP contribution is 2.35. The van der Waals surface area contributed by atoms with Gasteiger partial charge in [0.2, 0.25) is 0 Å². The van der Waals surface area contributed by atoms with E-state index >= 15 is 0 Å². The van der Waals surface area contributed by atoms with Crippen LogP contribution in [0.25, 0.3) is 11.1 Å². The molecule has 122 valence electrons. The largest absolute Gasteiger partial charge is 0.392 e. The third-order valence-corrected chi connectivity index (χ3v) is 3.94. The fourth-order valence-electron chi connectivity index (χ4n) is 2.83. The zero-order chi connectivity index (χ0) is 17.0. The van der Waals surface area contributed by atoms with E-state index in [1.165, 1.54) is 0 Å². The highest BCUT2D eigenvalue weighted by molar-refractivity contribution is 5.77. The minimum Gasteiger partial charge on any atom is -0.392 e. The van der Waals surface area contributed by atoms with Gasteiger partial charge < -0.3 is 31.1 Å². The molecule has 1 aromatic carbocycles. The second-order valence-electron chi connectivity index (χ2n) is 5.01. The lowest BCUT2D eigenvalue weighted by Crippen LogP contribution is -2.06. The Labute approximate surface area is 133 Å². The number of benzene rings is 1. The number of nitrogens with one attached hydrogen (secondary N) is 1. The lowest BCUT2D eigenvalue weighted by Gasteiger charge is -2.16. The van der Waals surface area contributed by atoms with Gasteiger partial charge in [0, 0.05) is 23.4 Å². The molecular formula is C16H19N3O4. The maximum atomic E-state index is 9.74. The number of aliphatic hydroxyl groups excluding tert-OH is 4. The fourth-order valence-corrected chi connectivity index (χ4v) is 2.83. The van der Waals surface area contributed by atoms with Crippen LogP contribution in [0, 0.1) is 11.3 Å². The lowest BCUT2D eigenvalue weighted by molar-refractivity contribution is 0.248. The fraction of sp³-hybridized carbons (Fsp3) is 0.312. The molecule has 0 fully saturated rings. The highest BCUT2D eigenvalue weighted by Gasteiger charge is 2.22. The average Bonchev–Trinajstić information content (AvgIpc) is 2.97. The number of hydrogen-bond donors (Lipinski definition) is 6. The van der Waals surface area contributed by atoms with Crippen LogP contribution in [-0.2, 0) is 33.0 Å². The third kappa shape index (κ3) is 2.86. The predicted octanol–water partition coefficient (Wildman–Crippen LogP) is -0.0187. The number of nitrogens with two attached hydrogens (primary N) is 1. The summed E-state index contributed by atoms with van der Waals surface area (Å²) in [7, 11) is 0. The van der Waals surface area contributed by atoms with Gasteiger partial charge in [0.05, 0.1) is 26.4 Å². The normalized spacial score (nSPS) is 10.8. The standard InChI is InChI=1S/C16H19N3O4/c17-3-14-13(8-23)16(15(4-18)19-14)10-2-1-9(5-20)11(6-21)12(10)7-22/h1-2,19-23H,4-8,18H2. The molecule has 0 aliphatic rings. The van der Waals surface area contributed by atoms with Crippen LogP contribution in [0.5, 0.6) is 0 Å². The summed E-state index contributed by atoms with van der Waals surface area (Å²) >= 11 is 0. The summed E-state index contributed by atoms with van der Waals surface area (Å²) in [6, 6.07) is 5.30. The minimum absolute atomic E-state index is 0.116. The van der Waals surface area contributed by atoms with Crippen molar-refractivity contribution >= 4 is 0 Å². The molecule has 7 nitrogen and oxygen atoms in total. The number of nitriles is 1. The van der Waals surface area contributed by atoms with E-state index in [1.54, 1.807) is 12.1 Å². The molecule has 0 atom stereocenters. The summed E-state index contributed by atoms with van der Waals surface area (Å²) in [6.45, 7) is -1.22. The van der Waals surface area contributed by atoms with Crippen LogP contribution < -0.4 is 5.73 Å². The summed E-state index contributed by atoms with van der Waals surface area (Å²) in [5, 5.41) is 47.5. The number of hydrogen-bond acceptors (Lipinski definition) is 6. The smallest absolute Gasteiger partial charge is 0.124 e. The molecule has 1 heterocycles. The molecule has 0 spiro atoms. The van der Waals surface area contributed by atoms with Crippen LogP contribution in [0.1, 0.15) is 33.6 Å². The molecule has 2 rings (SSSR count). The highest BCUT2D eigenvalue weighted by atomic mass is 16.3. The first-order valence-electron chi connectivity index (χ1n) is 7.08. The minimum atomic E-state index is -0.365. The van der Waals surface area contributed by atoms with Crippen molar-refractivity contribution in [3.8, 4) is 17.2 Å². The van der Waals surface area contributed by atoms with Crippen molar-refractivity contribution in [2.45, 2.75) is 33.0 Å². The maximum Gasteiger partial charge on any atom is 0.124 e. The summed E-state index contributed by atoms with van der Waals surface area (Å²) < 4.78 is 0. The Bertz CT molecular complexity index is 747. The summed E-state index contributed by atoms with van der Waals surface area (Å²) in [5.41, 5.74) is 9.38. The van der Waals surface area contributed by atoms with Gasteiger partial charge in [0.15, 0.2) is 0 Å². The quantitative estimate of drug-likeness (QED) is 0.441. The molecule has 0 unspecified atom stereocenters. The molecule has 2 aromatic rings. The van der Waals surface area contributed by atoms with Crippen LogP contribution in [0.15, 0.2) is 12.1 Å². The first kappa shape index (κ1) is 17.1. The number of nitrogens with zero attached hydrogens (tertiary/aromatic N) is 1. The summed E-state index contributed by atoms with van der Waals surface area (Å²) in [5.74, 6) is 0. The van der Waals surface area contributed by atoms with E-state index < -0.39 is 0 Å². The molecule has 0 aliphatic carbocycles. The number of H-pyrrole nitrogens is 1. The topological polar surface area (TPSA) is 147 Å². The lowest BCUT2D eigenvalue weighted by atomic mass is 9.90. The van der Waals surface area contributed by atoms with Crippen LogP contribution in [0.3, 0.4) is 0 Å². The molecule has 23 heavy (non-hydrogen) atoms. The van der Waals surface area contributed by atoms with Gasteiger partial charge in [-0.1, -0.05) is 12.1 Å². The van der Waals surface area contributed by atoms with Crippen molar-refractivity contribution in [1.29, 1.82) is 5.26 Å². The van der Waals surface area contributed by atoms with E-state index in [9.17, 15) is 25.7 Å². The average molecular weight is 317 g/mol. The molecule has 0 radical (unpaired) electrons. The second-order valence-corrected chi connectivity index (χ2v) is 5.01. The maximum absolute atomic E-state index is 9.74. The molecular weight excluding hydrogens is 298 g/mol. The van der Waals surface area contributed by atoms with Gasteiger partial charge in [-0.25, -0.2) is 0 Å². The van der Waals surface area contributed by atoms with E-state index in [2.05, 4.69) is 4.98 Å². The SMILES string of the molecule is N#Cc1[nH]c(CN)c(-c2ccc(CO)c(CO)c2CO)c1CO. The van der Waals surface area contributed by atoms with Gasteiger partial charge in [0.25, 0.3) is 0 Å². The van der Waals surface area contributed by atoms with Gasteiger partial charge in [-0.15, -0.1) is 0 Å². The van der Waals surface area contributed by atoms with E-state index in [1.807, 2.05) is 6.07 Å². The third-order valence-electron chi connectivity index (χ3n) is 3.94. The Morgan fingerprint density at radius 2 is 1.61 bits per heavy atom. The van der Waals surface area contributed by atoms with E-state index in [0.717, 1.165) is 0 Å². The Kier molecular flexibility index (Phi) is 5.50. The Morgan fingerprint density at radius 1 is 0.957 bits per heavy atom. The molecule has 0 saturated heterocycles. The molecule has 0 amide bonds. The van der Waals surface area contributed by atoms with Gasteiger partial charge in [0.1, 0.15) is 11.8 Å². The van der Waals surface area contributed by atoms with Gasteiger partial charge >= 0.3 is 0 Å². The number of aliphatic hydroxyl groups is 4. The predicted molar refractivity (Wildman–Crippen MR) is 82.5 cm³/mol. The number of rotatable bonds is 6. The molecule has 7 heteroatoms. The van der Waals surface area contributed by atoms with Crippen molar-refractivity contribution < 1.29 is 20.4 Å². The van der Waals surface area contributed by atoms with Crippen molar-refractivity contribution in [3.63, 3.8) is 0 Å². The van der Waals surface area contributed by atoms with Crippen LogP contribution in [-0.4, -0.2) is 25.4 Å². The first-order chi connectivity index (χ1) is 11.2. The Morgan fingerprint density at radius 3 is 2.09 bits per heavy atom. The van der Waals surface area contributed by atoms with Gasteiger partial charge in [-0.05, 0) is 22.3 Å². The van der Waals surface area contributed by atoms with E-state index in [4.69, 9.17) is 5.73 Å². The van der Waals surface area contributed by atoms with Crippen LogP contribution in [0.2, 0.25) is 0 Å². The number of aromatic nitrogens is 1. The van der Waals surface area contributed by atoms with Crippen molar-refractivity contribution in [3.05, 3.63) is 45.8 Å². The monoisotopic (exact) mass is 317 g/mol. The van der Waals surface area contributed by atoms with Crippen molar-refractivity contribution in [2.24, 2.45) is 5.73 Å². The van der Waals surface area contributed by atoms with Crippen molar-refractivity contribution in [2.75, 3.05) is 0 Å². The molecule has 0 saturated carbocycles. The zero-order valence-electron chi connectivity index (χ0n) is 12.5. The second kappa shape index (κ2) is 7.37.